The highest BCUT2D eigenvalue weighted by Gasteiger charge is 2.29. The number of nitrogens with zero attached hydrogens (tertiary/aromatic N) is 2. The number of hydrogen-bond acceptors (Lipinski definition) is 3. The van der Waals surface area contributed by atoms with E-state index in [-0.39, 0.29) is 17.9 Å². The summed E-state index contributed by atoms with van der Waals surface area (Å²) in [4.78, 5) is 16.8. The van der Waals surface area contributed by atoms with Crippen LogP contribution in [-0.2, 0) is 4.79 Å². The van der Waals surface area contributed by atoms with E-state index in [0.717, 1.165) is 32.2 Å². The number of nitrogens with two attached hydrogens (primary N) is 1. The Kier molecular flexibility index (Phi) is 5.22. The van der Waals surface area contributed by atoms with Crippen molar-refractivity contribution < 1.29 is 4.79 Å². The SMILES string of the molecule is CC(C)[C@H](N)C(=O)N1CCN(C2CCCCC2)CC1. The van der Waals surface area contributed by atoms with Crippen LogP contribution in [0.2, 0.25) is 0 Å². The van der Waals surface area contributed by atoms with Crippen LogP contribution in [0.1, 0.15) is 46.0 Å². The van der Waals surface area contributed by atoms with Gasteiger partial charge in [-0.1, -0.05) is 33.1 Å². The lowest BCUT2D eigenvalue weighted by Crippen LogP contribution is -2.56. The second-order valence-electron chi connectivity index (χ2n) is 6.42. The van der Waals surface area contributed by atoms with Crippen LogP contribution in [0.15, 0.2) is 0 Å². The molecule has 1 saturated carbocycles. The molecule has 1 saturated heterocycles. The van der Waals surface area contributed by atoms with Crippen LogP contribution in [-0.4, -0.2) is 54.0 Å². The smallest absolute Gasteiger partial charge is 0.239 e. The Balaban J connectivity index is 1.80. The molecule has 0 spiro atoms. The molecule has 19 heavy (non-hydrogen) atoms. The number of rotatable bonds is 3. The molecule has 110 valence electrons. The molecule has 1 aliphatic heterocycles. The van der Waals surface area contributed by atoms with Gasteiger partial charge in [0.1, 0.15) is 0 Å². The van der Waals surface area contributed by atoms with Crippen LogP contribution < -0.4 is 5.73 Å². The molecule has 4 heteroatoms. The van der Waals surface area contributed by atoms with Crippen LogP contribution in [0.5, 0.6) is 0 Å². The topological polar surface area (TPSA) is 49.6 Å². The molecule has 0 aromatic heterocycles. The highest BCUT2D eigenvalue weighted by Crippen LogP contribution is 2.23. The Bertz CT molecular complexity index is 292. The lowest BCUT2D eigenvalue weighted by atomic mass is 9.93. The Morgan fingerprint density at radius 2 is 1.63 bits per heavy atom. The van der Waals surface area contributed by atoms with Gasteiger partial charge in [0.25, 0.3) is 0 Å². The molecule has 0 aromatic rings. The molecule has 1 amide bonds. The van der Waals surface area contributed by atoms with Gasteiger partial charge in [-0.05, 0) is 18.8 Å². The van der Waals surface area contributed by atoms with E-state index >= 15 is 0 Å². The maximum absolute atomic E-state index is 12.2. The highest BCUT2D eigenvalue weighted by molar-refractivity contribution is 5.82. The summed E-state index contributed by atoms with van der Waals surface area (Å²) >= 11 is 0. The summed E-state index contributed by atoms with van der Waals surface area (Å²) in [6, 6.07) is 0.436. The molecule has 0 unspecified atom stereocenters. The normalized spacial score (nSPS) is 24.7. The van der Waals surface area contributed by atoms with Gasteiger partial charge in [-0.2, -0.15) is 0 Å². The molecule has 2 rings (SSSR count). The summed E-state index contributed by atoms with van der Waals surface area (Å²) in [5.41, 5.74) is 5.96. The quantitative estimate of drug-likeness (QED) is 0.842. The van der Waals surface area contributed by atoms with Crippen molar-refractivity contribution in [2.45, 2.75) is 58.0 Å². The third kappa shape index (κ3) is 3.69. The first-order chi connectivity index (χ1) is 9.09. The molecule has 2 aliphatic rings. The van der Waals surface area contributed by atoms with E-state index in [9.17, 15) is 4.79 Å². The van der Waals surface area contributed by atoms with E-state index in [1.807, 2.05) is 18.7 Å². The van der Waals surface area contributed by atoms with Gasteiger partial charge in [0, 0.05) is 32.2 Å². The van der Waals surface area contributed by atoms with Crippen LogP contribution in [0.4, 0.5) is 0 Å². The third-order valence-electron chi connectivity index (χ3n) is 4.72. The van der Waals surface area contributed by atoms with Gasteiger partial charge >= 0.3 is 0 Å². The van der Waals surface area contributed by atoms with Crippen LogP contribution in [0.3, 0.4) is 0 Å². The molecular weight excluding hydrogens is 238 g/mol. The Morgan fingerprint density at radius 3 is 2.16 bits per heavy atom. The number of amides is 1. The van der Waals surface area contributed by atoms with Gasteiger partial charge in [0.15, 0.2) is 0 Å². The van der Waals surface area contributed by atoms with Gasteiger partial charge in [-0.3, -0.25) is 9.69 Å². The number of carbonyl (C=O) groups excluding carboxylic acids is 1. The minimum Gasteiger partial charge on any atom is -0.339 e. The Morgan fingerprint density at radius 1 is 1.05 bits per heavy atom. The molecule has 0 bridgehead atoms. The number of piperazine rings is 1. The van der Waals surface area contributed by atoms with Crippen LogP contribution >= 0.6 is 0 Å². The summed E-state index contributed by atoms with van der Waals surface area (Å²) in [5.74, 6) is 0.363. The van der Waals surface area contributed by atoms with Crippen molar-refractivity contribution in [2.24, 2.45) is 11.7 Å². The van der Waals surface area contributed by atoms with Crippen molar-refractivity contribution in [1.82, 2.24) is 9.80 Å². The maximum atomic E-state index is 12.2. The van der Waals surface area contributed by atoms with Crippen molar-refractivity contribution >= 4 is 5.91 Å². The molecule has 0 radical (unpaired) electrons. The lowest BCUT2D eigenvalue weighted by molar-refractivity contribution is -0.135. The number of carbonyl (C=O) groups is 1. The van der Waals surface area contributed by atoms with E-state index < -0.39 is 0 Å². The fraction of sp³-hybridized carbons (Fsp3) is 0.933. The van der Waals surface area contributed by atoms with Gasteiger partial charge in [-0.15, -0.1) is 0 Å². The van der Waals surface area contributed by atoms with Crippen molar-refractivity contribution in [3.05, 3.63) is 0 Å². The monoisotopic (exact) mass is 267 g/mol. The first-order valence-electron chi connectivity index (χ1n) is 7.88. The van der Waals surface area contributed by atoms with Gasteiger partial charge in [0.05, 0.1) is 6.04 Å². The zero-order chi connectivity index (χ0) is 13.8. The van der Waals surface area contributed by atoms with Crippen LogP contribution in [0.25, 0.3) is 0 Å². The van der Waals surface area contributed by atoms with E-state index in [1.165, 1.54) is 32.1 Å². The molecule has 0 aromatic carbocycles. The van der Waals surface area contributed by atoms with E-state index in [2.05, 4.69) is 4.90 Å². The summed E-state index contributed by atoms with van der Waals surface area (Å²) in [6.45, 7) is 7.80. The second kappa shape index (κ2) is 6.71. The fourth-order valence-electron chi connectivity index (χ4n) is 3.25. The molecule has 1 atom stereocenters. The number of hydrogen-bond donors (Lipinski definition) is 1. The fourth-order valence-corrected chi connectivity index (χ4v) is 3.25. The van der Waals surface area contributed by atoms with E-state index in [0.29, 0.717) is 0 Å². The average Bonchev–Trinajstić information content (AvgIpc) is 2.46. The average molecular weight is 267 g/mol. The predicted molar refractivity (Wildman–Crippen MR) is 77.8 cm³/mol. The summed E-state index contributed by atoms with van der Waals surface area (Å²) in [5, 5.41) is 0. The van der Waals surface area contributed by atoms with E-state index in [4.69, 9.17) is 5.73 Å². The second-order valence-corrected chi connectivity index (χ2v) is 6.42. The first kappa shape index (κ1) is 14.8. The standard InChI is InChI=1S/C15H29N3O/c1-12(2)14(16)15(19)18-10-8-17(9-11-18)13-6-4-3-5-7-13/h12-14H,3-11,16H2,1-2H3/t14-/m0/s1. The molecule has 4 nitrogen and oxygen atoms in total. The molecular formula is C15H29N3O. The zero-order valence-electron chi connectivity index (χ0n) is 12.5. The molecule has 2 N–H and O–H groups in total. The van der Waals surface area contributed by atoms with Gasteiger partial charge in [0.2, 0.25) is 5.91 Å². The van der Waals surface area contributed by atoms with E-state index in [1.54, 1.807) is 0 Å². The van der Waals surface area contributed by atoms with Crippen molar-refractivity contribution in [3.8, 4) is 0 Å². The molecule has 2 fully saturated rings. The minimum absolute atomic E-state index is 0.137. The largest absolute Gasteiger partial charge is 0.339 e. The van der Waals surface area contributed by atoms with Crippen molar-refractivity contribution in [1.29, 1.82) is 0 Å². The Labute approximate surface area is 117 Å². The van der Waals surface area contributed by atoms with Crippen molar-refractivity contribution in [2.75, 3.05) is 26.2 Å². The highest BCUT2D eigenvalue weighted by atomic mass is 16.2. The van der Waals surface area contributed by atoms with Gasteiger partial charge in [-0.25, -0.2) is 0 Å². The molecule has 1 aliphatic carbocycles. The summed E-state index contributed by atoms with van der Waals surface area (Å²) < 4.78 is 0. The molecule has 1 heterocycles. The lowest BCUT2D eigenvalue weighted by Gasteiger charge is -2.41. The maximum Gasteiger partial charge on any atom is 0.239 e. The predicted octanol–water partition coefficient (Wildman–Crippen LogP) is 1.45. The first-order valence-corrected chi connectivity index (χ1v) is 7.88. The summed E-state index contributed by atoms with van der Waals surface area (Å²) in [7, 11) is 0. The minimum atomic E-state index is -0.332. The third-order valence-corrected chi connectivity index (χ3v) is 4.72. The Hall–Kier alpha value is -0.610. The van der Waals surface area contributed by atoms with Crippen molar-refractivity contribution in [3.63, 3.8) is 0 Å². The zero-order valence-corrected chi connectivity index (χ0v) is 12.5. The van der Waals surface area contributed by atoms with Gasteiger partial charge < -0.3 is 10.6 Å². The van der Waals surface area contributed by atoms with Crippen LogP contribution in [0, 0.1) is 5.92 Å². The summed E-state index contributed by atoms with van der Waals surface area (Å²) in [6.07, 6.45) is 6.85.